The Morgan fingerprint density at radius 1 is 1.21 bits per heavy atom. The minimum absolute atomic E-state index is 0.656. The highest BCUT2D eigenvalue weighted by atomic mass is 15.3. The summed E-state index contributed by atoms with van der Waals surface area (Å²) in [5.41, 5.74) is 4.80. The molecule has 0 saturated carbocycles. The molecule has 0 amide bonds. The highest BCUT2D eigenvalue weighted by Crippen LogP contribution is 2.19. The second kappa shape index (κ2) is 4.89. The zero-order chi connectivity index (χ0) is 13.1. The predicted octanol–water partition coefficient (Wildman–Crippen LogP) is 2.79. The van der Waals surface area contributed by atoms with Gasteiger partial charge in [0.05, 0.1) is 17.6 Å². The average Bonchev–Trinajstić information content (AvgIpc) is 2.99. The Morgan fingerprint density at radius 2 is 2.11 bits per heavy atom. The van der Waals surface area contributed by atoms with E-state index in [9.17, 15) is 0 Å². The van der Waals surface area contributed by atoms with E-state index >= 15 is 0 Å². The molecule has 2 N–H and O–H groups in total. The zero-order valence-corrected chi connectivity index (χ0v) is 10.5. The molecule has 2 aromatic heterocycles. The molecule has 0 aliphatic heterocycles. The third-order valence-electron chi connectivity index (χ3n) is 2.89. The van der Waals surface area contributed by atoms with Crippen LogP contribution in [0.25, 0.3) is 10.8 Å². The predicted molar refractivity (Wildman–Crippen MR) is 76.2 cm³/mol. The molecule has 0 aliphatic rings. The summed E-state index contributed by atoms with van der Waals surface area (Å²) in [7, 11) is 0. The molecule has 5 heteroatoms. The lowest BCUT2D eigenvalue weighted by Crippen LogP contribution is -2.02. The molecule has 2 heterocycles. The second-order valence-corrected chi connectivity index (χ2v) is 4.17. The van der Waals surface area contributed by atoms with Crippen molar-refractivity contribution in [2.75, 3.05) is 5.43 Å². The van der Waals surface area contributed by atoms with Crippen molar-refractivity contribution in [2.24, 2.45) is 5.10 Å². The van der Waals surface area contributed by atoms with E-state index < -0.39 is 0 Å². The quantitative estimate of drug-likeness (QED) is 0.555. The number of hydrazone groups is 1. The van der Waals surface area contributed by atoms with Crippen molar-refractivity contribution in [3.63, 3.8) is 0 Å². The maximum atomic E-state index is 4.32. The molecule has 0 bridgehead atoms. The molecule has 0 atom stereocenters. The normalized spacial score (nSPS) is 11.7. The van der Waals surface area contributed by atoms with E-state index in [0.717, 1.165) is 22.2 Å². The van der Waals surface area contributed by atoms with Crippen LogP contribution >= 0.6 is 0 Å². The van der Waals surface area contributed by atoms with Crippen LogP contribution in [-0.4, -0.2) is 20.9 Å². The van der Waals surface area contributed by atoms with Crippen molar-refractivity contribution in [1.29, 1.82) is 0 Å². The lowest BCUT2D eigenvalue weighted by molar-refractivity contribution is 1.04. The van der Waals surface area contributed by atoms with E-state index in [-0.39, 0.29) is 0 Å². The Balaban J connectivity index is 1.92. The molecule has 0 spiro atoms. The maximum Gasteiger partial charge on any atom is 0.176 e. The van der Waals surface area contributed by atoms with Crippen molar-refractivity contribution in [2.45, 2.75) is 6.92 Å². The third kappa shape index (κ3) is 2.30. The van der Waals surface area contributed by atoms with Gasteiger partial charge in [0.2, 0.25) is 0 Å². The highest BCUT2D eigenvalue weighted by molar-refractivity contribution is 5.98. The number of anilines is 1. The van der Waals surface area contributed by atoms with Gasteiger partial charge in [-0.2, -0.15) is 10.2 Å². The first-order chi connectivity index (χ1) is 9.34. The van der Waals surface area contributed by atoms with E-state index in [4.69, 9.17) is 0 Å². The van der Waals surface area contributed by atoms with Crippen LogP contribution in [0, 0.1) is 0 Å². The summed E-state index contributed by atoms with van der Waals surface area (Å²) in [5.74, 6) is 0.656. The van der Waals surface area contributed by atoms with Crippen molar-refractivity contribution in [3.8, 4) is 0 Å². The minimum Gasteiger partial charge on any atom is -0.360 e. The molecule has 0 radical (unpaired) electrons. The largest absolute Gasteiger partial charge is 0.360 e. The van der Waals surface area contributed by atoms with Crippen LogP contribution in [0.1, 0.15) is 12.6 Å². The second-order valence-electron chi connectivity index (χ2n) is 4.17. The first-order valence-corrected chi connectivity index (χ1v) is 5.99. The Kier molecular flexibility index (Phi) is 2.94. The summed E-state index contributed by atoms with van der Waals surface area (Å²) in [5, 5.41) is 14.4. The molecular formula is C14H13N5. The first kappa shape index (κ1) is 11.4. The van der Waals surface area contributed by atoms with Gasteiger partial charge in [0.1, 0.15) is 0 Å². The summed E-state index contributed by atoms with van der Waals surface area (Å²) in [6.45, 7) is 1.93. The van der Waals surface area contributed by atoms with Gasteiger partial charge in [-0.25, -0.2) is 0 Å². The Labute approximate surface area is 110 Å². The summed E-state index contributed by atoms with van der Waals surface area (Å²) in [6.07, 6.45) is 3.61. The number of aromatic amines is 1. The van der Waals surface area contributed by atoms with Gasteiger partial charge >= 0.3 is 0 Å². The Hall–Kier alpha value is -2.69. The standard InChI is InChI=1S/C14H13N5/c1-10(13-7-4-8-15-13)17-19-14-12-6-3-2-5-11(12)9-16-18-14/h2-9,15H,1H3,(H,18,19). The molecule has 3 aromatic rings. The number of rotatable bonds is 3. The first-order valence-electron chi connectivity index (χ1n) is 5.99. The van der Waals surface area contributed by atoms with Gasteiger partial charge in [0.25, 0.3) is 0 Å². The van der Waals surface area contributed by atoms with Gasteiger partial charge < -0.3 is 4.98 Å². The molecule has 0 saturated heterocycles. The fourth-order valence-electron chi connectivity index (χ4n) is 1.86. The van der Waals surface area contributed by atoms with Crippen LogP contribution in [0.15, 0.2) is 53.9 Å². The van der Waals surface area contributed by atoms with Gasteiger partial charge in [0.15, 0.2) is 5.82 Å². The van der Waals surface area contributed by atoms with E-state index in [1.165, 1.54) is 0 Å². The number of aromatic nitrogens is 3. The summed E-state index contributed by atoms with van der Waals surface area (Å²) >= 11 is 0. The number of fused-ring (bicyclic) bond motifs is 1. The lowest BCUT2D eigenvalue weighted by atomic mass is 10.2. The number of hydrogen-bond donors (Lipinski definition) is 2. The van der Waals surface area contributed by atoms with Gasteiger partial charge in [0, 0.05) is 17.0 Å². The Bertz CT molecular complexity index is 710. The van der Waals surface area contributed by atoms with Crippen LogP contribution in [0.3, 0.4) is 0 Å². The number of benzene rings is 1. The van der Waals surface area contributed by atoms with Crippen LogP contribution < -0.4 is 5.43 Å². The van der Waals surface area contributed by atoms with E-state index in [2.05, 4.69) is 25.7 Å². The lowest BCUT2D eigenvalue weighted by Gasteiger charge is -2.04. The maximum absolute atomic E-state index is 4.32. The highest BCUT2D eigenvalue weighted by Gasteiger charge is 2.02. The Morgan fingerprint density at radius 3 is 2.95 bits per heavy atom. The summed E-state index contributed by atoms with van der Waals surface area (Å²) in [4.78, 5) is 3.10. The molecule has 1 aromatic carbocycles. The number of nitrogens with zero attached hydrogens (tertiary/aromatic N) is 3. The van der Waals surface area contributed by atoms with Crippen LogP contribution in [0.2, 0.25) is 0 Å². The third-order valence-corrected chi connectivity index (χ3v) is 2.89. The average molecular weight is 251 g/mol. The van der Waals surface area contributed by atoms with E-state index in [0.29, 0.717) is 5.82 Å². The molecule has 19 heavy (non-hydrogen) atoms. The van der Waals surface area contributed by atoms with Crippen LogP contribution in [0.5, 0.6) is 0 Å². The summed E-state index contributed by atoms with van der Waals surface area (Å²) in [6, 6.07) is 11.8. The minimum atomic E-state index is 0.656. The fraction of sp³-hybridized carbons (Fsp3) is 0.0714. The molecule has 0 fully saturated rings. The van der Waals surface area contributed by atoms with Crippen LogP contribution in [-0.2, 0) is 0 Å². The monoisotopic (exact) mass is 251 g/mol. The molecule has 0 aliphatic carbocycles. The van der Waals surface area contributed by atoms with Gasteiger partial charge in [-0.15, -0.1) is 5.10 Å². The molecule has 0 unspecified atom stereocenters. The van der Waals surface area contributed by atoms with Gasteiger partial charge in [-0.05, 0) is 19.1 Å². The van der Waals surface area contributed by atoms with Crippen molar-refractivity contribution >= 4 is 22.3 Å². The number of hydrogen-bond acceptors (Lipinski definition) is 4. The SMILES string of the molecule is CC(=NNc1nncc2ccccc12)c1ccc[nH]1. The van der Waals surface area contributed by atoms with E-state index in [1.807, 2.05) is 49.5 Å². The smallest absolute Gasteiger partial charge is 0.176 e. The van der Waals surface area contributed by atoms with Gasteiger partial charge in [-0.1, -0.05) is 24.3 Å². The van der Waals surface area contributed by atoms with Gasteiger partial charge in [-0.3, -0.25) is 5.43 Å². The van der Waals surface area contributed by atoms with Crippen molar-refractivity contribution < 1.29 is 0 Å². The number of nitrogens with one attached hydrogen (secondary N) is 2. The van der Waals surface area contributed by atoms with Crippen molar-refractivity contribution in [3.05, 3.63) is 54.5 Å². The van der Waals surface area contributed by atoms with Crippen LogP contribution in [0.4, 0.5) is 5.82 Å². The van der Waals surface area contributed by atoms with E-state index in [1.54, 1.807) is 6.20 Å². The zero-order valence-electron chi connectivity index (χ0n) is 10.5. The molecule has 3 rings (SSSR count). The number of H-pyrrole nitrogens is 1. The molecular weight excluding hydrogens is 238 g/mol. The fourth-order valence-corrected chi connectivity index (χ4v) is 1.86. The molecule has 94 valence electrons. The topological polar surface area (TPSA) is 66.0 Å². The summed E-state index contributed by atoms with van der Waals surface area (Å²) < 4.78 is 0. The van der Waals surface area contributed by atoms with Crippen molar-refractivity contribution in [1.82, 2.24) is 15.2 Å². The molecule has 5 nitrogen and oxygen atoms in total.